The van der Waals surface area contributed by atoms with Gasteiger partial charge in [-0.25, -0.2) is 14.2 Å². The first-order chi connectivity index (χ1) is 13.0. The summed E-state index contributed by atoms with van der Waals surface area (Å²) in [6.07, 6.45) is 5.10. The number of rotatable bonds is 4. The molecule has 0 atom stereocenters. The van der Waals surface area contributed by atoms with Crippen LogP contribution in [0.3, 0.4) is 0 Å². The molecule has 1 aromatic carbocycles. The predicted molar refractivity (Wildman–Crippen MR) is 101 cm³/mol. The van der Waals surface area contributed by atoms with E-state index >= 15 is 0 Å². The van der Waals surface area contributed by atoms with Gasteiger partial charge in [0, 0.05) is 18.8 Å². The molecule has 1 aliphatic rings. The van der Waals surface area contributed by atoms with Crippen LogP contribution in [-0.4, -0.2) is 19.5 Å². The summed E-state index contributed by atoms with van der Waals surface area (Å²) in [6.45, 7) is 0.314. The summed E-state index contributed by atoms with van der Waals surface area (Å²) >= 11 is 5.77. The molecule has 2 N–H and O–H groups in total. The van der Waals surface area contributed by atoms with Gasteiger partial charge < -0.3 is 5.32 Å². The van der Waals surface area contributed by atoms with Gasteiger partial charge in [0.05, 0.1) is 5.02 Å². The number of hydrogen-bond acceptors (Lipinski definition) is 5. The lowest BCUT2D eigenvalue weighted by molar-refractivity contribution is 0.483. The van der Waals surface area contributed by atoms with Gasteiger partial charge in [0.15, 0.2) is 5.65 Å². The molecule has 9 heteroatoms. The minimum Gasteiger partial charge on any atom is -0.350 e. The molecule has 1 saturated carbocycles. The first-order valence-electron chi connectivity index (χ1n) is 8.72. The third-order valence-electron chi connectivity index (χ3n) is 4.81. The first-order valence-corrected chi connectivity index (χ1v) is 9.10. The highest BCUT2D eigenvalue weighted by atomic mass is 35.5. The molecule has 2 aromatic heterocycles. The number of aromatic nitrogens is 4. The number of halogens is 2. The predicted octanol–water partition coefficient (Wildman–Crippen LogP) is 3.00. The SMILES string of the molecule is O=c1[nH]c2nc(NCc3ccc(F)c(Cl)c3)ncc2c(=O)n1C1CCCC1. The Morgan fingerprint density at radius 1 is 1.30 bits per heavy atom. The molecule has 0 saturated heterocycles. The topological polar surface area (TPSA) is 92.7 Å². The Hall–Kier alpha value is -2.74. The van der Waals surface area contributed by atoms with Gasteiger partial charge in [-0.15, -0.1) is 0 Å². The van der Waals surface area contributed by atoms with Gasteiger partial charge in [-0.05, 0) is 30.5 Å². The van der Waals surface area contributed by atoms with E-state index in [9.17, 15) is 14.0 Å². The summed E-state index contributed by atoms with van der Waals surface area (Å²) in [5, 5.41) is 3.28. The minimum absolute atomic E-state index is 0.0329. The maximum absolute atomic E-state index is 13.2. The van der Waals surface area contributed by atoms with Gasteiger partial charge in [0.25, 0.3) is 5.56 Å². The first kappa shape index (κ1) is 17.7. The zero-order chi connectivity index (χ0) is 19.0. The molecule has 0 spiro atoms. The Morgan fingerprint density at radius 2 is 2.07 bits per heavy atom. The van der Waals surface area contributed by atoms with Crippen molar-refractivity contribution in [2.75, 3.05) is 5.32 Å². The molecule has 1 fully saturated rings. The third-order valence-corrected chi connectivity index (χ3v) is 5.10. The molecular formula is C18H17ClFN5O2. The van der Waals surface area contributed by atoms with Crippen LogP contribution < -0.4 is 16.6 Å². The molecule has 0 amide bonds. The van der Waals surface area contributed by atoms with Gasteiger partial charge in [-0.3, -0.25) is 14.3 Å². The molecule has 0 unspecified atom stereocenters. The second-order valence-electron chi connectivity index (χ2n) is 6.60. The Labute approximate surface area is 158 Å². The molecule has 2 heterocycles. The van der Waals surface area contributed by atoms with Crippen molar-refractivity contribution in [3.63, 3.8) is 0 Å². The molecule has 1 aliphatic carbocycles. The highest BCUT2D eigenvalue weighted by Crippen LogP contribution is 2.27. The number of fused-ring (bicyclic) bond motifs is 1. The fraction of sp³-hybridized carbons (Fsp3) is 0.333. The maximum atomic E-state index is 13.2. The summed E-state index contributed by atoms with van der Waals surface area (Å²) in [6, 6.07) is 4.32. The second-order valence-corrected chi connectivity index (χ2v) is 7.01. The Bertz CT molecular complexity index is 1120. The zero-order valence-corrected chi connectivity index (χ0v) is 15.1. The van der Waals surface area contributed by atoms with E-state index in [1.165, 1.54) is 22.9 Å². The van der Waals surface area contributed by atoms with Crippen molar-refractivity contribution in [1.82, 2.24) is 19.5 Å². The van der Waals surface area contributed by atoms with Crippen molar-refractivity contribution < 1.29 is 4.39 Å². The lowest BCUT2D eigenvalue weighted by Crippen LogP contribution is -2.37. The number of hydrogen-bond donors (Lipinski definition) is 2. The highest BCUT2D eigenvalue weighted by Gasteiger charge is 2.22. The van der Waals surface area contributed by atoms with Crippen LogP contribution in [0.1, 0.15) is 37.3 Å². The van der Waals surface area contributed by atoms with E-state index in [1.54, 1.807) is 6.07 Å². The fourth-order valence-electron chi connectivity index (χ4n) is 3.43. The fourth-order valence-corrected chi connectivity index (χ4v) is 3.63. The van der Waals surface area contributed by atoms with E-state index in [2.05, 4.69) is 20.3 Å². The minimum atomic E-state index is -0.488. The van der Waals surface area contributed by atoms with Crippen LogP contribution in [-0.2, 0) is 6.54 Å². The van der Waals surface area contributed by atoms with E-state index < -0.39 is 11.5 Å². The van der Waals surface area contributed by atoms with Crippen LogP contribution in [0.2, 0.25) is 5.02 Å². The molecule has 0 bridgehead atoms. The van der Waals surface area contributed by atoms with E-state index in [0.717, 1.165) is 31.2 Å². The second kappa shape index (κ2) is 7.11. The number of benzene rings is 1. The molecule has 140 valence electrons. The van der Waals surface area contributed by atoms with Crippen molar-refractivity contribution >= 4 is 28.6 Å². The number of anilines is 1. The van der Waals surface area contributed by atoms with Crippen LogP contribution in [0.5, 0.6) is 0 Å². The van der Waals surface area contributed by atoms with Crippen LogP contribution in [0.15, 0.2) is 34.0 Å². The van der Waals surface area contributed by atoms with Crippen molar-refractivity contribution in [2.24, 2.45) is 0 Å². The molecule has 7 nitrogen and oxygen atoms in total. The molecule has 0 aliphatic heterocycles. The van der Waals surface area contributed by atoms with Gasteiger partial charge in [-0.1, -0.05) is 30.5 Å². The molecular weight excluding hydrogens is 373 g/mol. The van der Waals surface area contributed by atoms with Crippen LogP contribution >= 0.6 is 11.6 Å². The van der Waals surface area contributed by atoms with Crippen molar-refractivity contribution in [2.45, 2.75) is 38.3 Å². The van der Waals surface area contributed by atoms with Crippen LogP contribution in [0, 0.1) is 5.82 Å². The standard InChI is InChI=1S/C18H17ClFN5O2/c19-13-7-10(5-6-14(13)20)8-21-17-22-9-12-15(23-17)24-18(27)25(16(12)26)11-3-1-2-4-11/h5-7,9,11H,1-4,8H2,(H2,21,22,23,24,27). The third kappa shape index (κ3) is 3.44. The highest BCUT2D eigenvalue weighted by molar-refractivity contribution is 6.30. The number of nitrogens with one attached hydrogen (secondary N) is 2. The number of H-pyrrole nitrogens is 1. The largest absolute Gasteiger partial charge is 0.350 e. The Kier molecular flexibility index (Phi) is 4.65. The molecule has 0 radical (unpaired) electrons. The summed E-state index contributed by atoms with van der Waals surface area (Å²) in [5.74, 6) is -0.241. The molecule has 27 heavy (non-hydrogen) atoms. The van der Waals surface area contributed by atoms with E-state index in [4.69, 9.17) is 11.6 Å². The monoisotopic (exact) mass is 389 g/mol. The quantitative estimate of drug-likeness (QED) is 0.715. The van der Waals surface area contributed by atoms with Gasteiger partial charge in [0.1, 0.15) is 11.2 Å². The average Bonchev–Trinajstić information content (AvgIpc) is 3.16. The van der Waals surface area contributed by atoms with Gasteiger partial charge >= 0.3 is 5.69 Å². The maximum Gasteiger partial charge on any atom is 0.330 e. The van der Waals surface area contributed by atoms with E-state index in [0.29, 0.717) is 6.54 Å². The summed E-state index contributed by atoms with van der Waals surface area (Å²) < 4.78 is 14.5. The van der Waals surface area contributed by atoms with Crippen LogP contribution in [0.25, 0.3) is 11.0 Å². The van der Waals surface area contributed by atoms with E-state index in [1.807, 2.05) is 0 Å². The molecule has 4 rings (SSSR count). The van der Waals surface area contributed by atoms with Crippen molar-refractivity contribution in [3.05, 3.63) is 61.6 Å². The lowest BCUT2D eigenvalue weighted by Gasteiger charge is -2.12. The van der Waals surface area contributed by atoms with Crippen molar-refractivity contribution in [1.29, 1.82) is 0 Å². The normalized spacial score (nSPS) is 14.7. The van der Waals surface area contributed by atoms with Crippen LogP contribution in [0.4, 0.5) is 10.3 Å². The number of nitrogens with zero attached hydrogens (tertiary/aromatic N) is 3. The number of aromatic amines is 1. The summed E-state index contributed by atoms with van der Waals surface area (Å²) in [4.78, 5) is 36.1. The van der Waals surface area contributed by atoms with Gasteiger partial charge in [-0.2, -0.15) is 4.98 Å². The smallest absolute Gasteiger partial charge is 0.330 e. The zero-order valence-electron chi connectivity index (χ0n) is 14.3. The summed E-state index contributed by atoms with van der Waals surface area (Å²) in [7, 11) is 0. The van der Waals surface area contributed by atoms with E-state index in [-0.39, 0.29) is 33.6 Å². The molecule has 3 aromatic rings. The van der Waals surface area contributed by atoms with Gasteiger partial charge in [0.2, 0.25) is 5.95 Å². The van der Waals surface area contributed by atoms with Crippen molar-refractivity contribution in [3.8, 4) is 0 Å². The lowest BCUT2D eigenvalue weighted by atomic mass is 10.2. The average molecular weight is 390 g/mol. The Balaban J connectivity index is 1.62. The summed E-state index contributed by atoms with van der Waals surface area (Å²) in [5.41, 5.74) is 0.121. The Morgan fingerprint density at radius 3 is 2.81 bits per heavy atom.